The summed E-state index contributed by atoms with van der Waals surface area (Å²) in [6, 6.07) is 3.89. The Balaban J connectivity index is 2.20. The molecule has 98 valence electrons. The summed E-state index contributed by atoms with van der Waals surface area (Å²) >= 11 is 0. The predicted molar refractivity (Wildman–Crippen MR) is 70.8 cm³/mol. The van der Waals surface area contributed by atoms with Crippen LogP contribution >= 0.6 is 0 Å². The van der Waals surface area contributed by atoms with Gasteiger partial charge in [0.2, 0.25) is 11.7 Å². The Morgan fingerprint density at radius 1 is 1.42 bits per heavy atom. The third-order valence-electron chi connectivity index (χ3n) is 3.08. The van der Waals surface area contributed by atoms with Crippen molar-refractivity contribution in [3.63, 3.8) is 0 Å². The van der Waals surface area contributed by atoms with Gasteiger partial charge in [-0.3, -0.25) is 0 Å². The van der Waals surface area contributed by atoms with Crippen molar-refractivity contribution in [2.75, 3.05) is 7.11 Å². The van der Waals surface area contributed by atoms with Gasteiger partial charge in [0.1, 0.15) is 5.75 Å². The Hall–Kier alpha value is -2.34. The molecule has 0 saturated carbocycles. The van der Waals surface area contributed by atoms with Crippen molar-refractivity contribution in [3.8, 4) is 17.1 Å². The van der Waals surface area contributed by atoms with Gasteiger partial charge >= 0.3 is 0 Å². The second kappa shape index (κ2) is 4.40. The molecule has 0 spiro atoms. The molecule has 0 atom stereocenters. The van der Waals surface area contributed by atoms with Gasteiger partial charge in [0.25, 0.3) is 0 Å². The van der Waals surface area contributed by atoms with E-state index in [1.54, 1.807) is 7.11 Å². The normalized spacial score (nSPS) is 11.1. The van der Waals surface area contributed by atoms with Gasteiger partial charge in [0, 0.05) is 17.1 Å². The monoisotopic (exact) mass is 258 g/mol. The summed E-state index contributed by atoms with van der Waals surface area (Å²) in [5.74, 6) is 1.68. The molecule has 0 fully saturated rings. The number of ether oxygens (including phenoxy) is 1. The summed E-state index contributed by atoms with van der Waals surface area (Å²) in [6.07, 6.45) is 1.94. The molecule has 0 aliphatic heterocycles. The predicted octanol–water partition coefficient (Wildman–Crippen LogP) is 1.99. The first-order valence-corrected chi connectivity index (χ1v) is 5.91. The van der Waals surface area contributed by atoms with Crippen LogP contribution in [-0.2, 0) is 6.54 Å². The van der Waals surface area contributed by atoms with Crippen molar-refractivity contribution in [2.45, 2.75) is 13.5 Å². The molecule has 2 heterocycles. The van der Waals surface area contributed by atoms with E-state index in [1.165, 1.54) is 0 Å². The van der Waals surface area contributed by atoms with Crippen LogP contribution in [0.25, 0.3) is 22.3 Å². The van der Waals surface area contributed by atoms with E-state index in [-0.39, 0.29) is 6.54 Å². The average molecular weight is 258 g/mol. The summed E-state index contributed by atoms with van der Waals surface area (Å²) in [6.45, 7) is 2.26. The number of H-pyrrole nitrogens is 1. The number of nitrogens with two attached hydrogens (primary N) is 1. The number of nitrogens with one attached hydrogen (secondary N) is 1. The van der Waals surface area contributed by atoms with E-state index in [2.05, 4.69) is 15.1 Å². The van der Waals surface area contributed by atoms with Crippen LogP contribution in [0.1, 0.15) is 11.5 Å². The van der Waals surface area contributed by atoms with Crippen LogP contribution in [0.4, 0.5) is 0 Å². The van der Waals surface area contributed by atoms with E-state index < -0.39 is 0 Å². The van der Waals surface area contributed by atoms with E-state index in [0.29, 0.717) is 11.7 Å². The van der Waals surface area contributed by atoms with Gasteiger partial charge in [-0.05, 0) is 24.6 Å². The Morgan fingerprint density at radius 2 is 2.26 bits per heavy atom. The van der Waals surface area contributed by atoms with Crippen LogP contribution in [0, 0.1) is 6.92 Å². The van der Waals surface area contributed by atoms with Crippen molar-refractivity contribution in [2.24, 2.45) is 5.73 Å². The number of benzene rings is 1. The Labute approximate surface area is 109 Å². The highest BCUT2D eigenvalue weighted by molar-refractivity contribution is 5.92. The zero-order chi connectivity index (χ0) is 13.4. The molecular formula is C13H14N4O2. The standard InChI is InChI=1S/C13H14N4O2/c1-7-6-15-12-9(7)3-8(4-10(12)18-2)13-16-11(5-14)19-17-13/h3-4,6,15H,5,14H2,1-2H3. The minimum atomic E-state index is 0.232. The first-order chi connectivity index (χ1) is 9.22. The molecule has 2 aromatic heterocycles. The fourth-order valence-corrected chi connectivity index (χ4v) is 2.08. The molecule has 0 amide bonds. The zero-order valence-corrected chi connectivity index (χ0v) is 10.7. The molecule has 3 aromatic rings. The van der Waals surface area contributed by atoms with Crippen LogP contribution in [0.2, 0.25) is 0 Å². The number of hydrogen-bond acceptors (Lipinski definition) is 5. The van der Waals surface area contributed by atoms with E-state index in [4.69, 9.17) is 15.0 Å². The number of rotatable bonds is 3. The van der Waals surface area contributed by atoms with Crippen molar-refractivity contribution in [1.29, 1.82) is 0 Å². The van der Waals surface area contributed by atoms with E-state index in [9.17, 15) is 0 Å². The lowest BCUT2D eigenvalue weighted by atomic mass is 10.1. The topological polar surface area (TPSA) is 90.0 Å². The molecular weight excluding hydrogens is 244 g/mol. The zero-order valence-electron chi connectivity index (χ0n) is 10.7. The van der Waals surface area contributed by atoms with Crippen LogP contribution in [0.15, 0.2) is 22.9 Å². The quantitative estimate of drug-likeness (QED) is 0.749. The number of aromatic amines is 1. The summed E-state index contributed by atoms with van der Waals surface area (Å²) in [5, 5.41) is 5.00. The van der Waals surface area contributed by atoms with Gasteiger partial charge in [-0.25, -0.2) is 0 Å². The highest BCUT2D eigenvalue weighted by Gasteiger charge is 2.13. The second-order valence-corrected chi connectivity index (χ2v) is 4.29. The number of nitrogens with zero attached hydrogens (tertiary/aromatic N) is 2. The minimum absolute atomic E-state index is 0.232. The SMILES string of the molecule is COc1cc(-c2noc(CN)n2)cc2c(C)c[nH]c12. The van der Waals surface area contributed by atoms with Crippen LogP contribution < -0.4 is 10.5 Å². The van der Waals surface area contributed by atoms with Crippen LogP contribution in [-0.4, -0.2) is 22.2 Å². The Kier molecular flexibility index (Phi) is 2.72. The molecule has 6 heteroatoms. The lowest BCUT2D eigenvalue weighted by molar-refractivity contribution is 0.380. The molecule has 1 aromatic carbocycles. The first kappa shape index (κ1) is 11.7. The Morgan fingerprint density at radius 3 is 2.95 bits per heavy atom. The summed E-state index contributed by atoms with van der Waals surface area (Å²) < 4.78 is 10.4. The van der Waals surface area contributed by atoms with E-state index in [0.717, 1.165) is 27.8 Å². The first-order valence-electron chi connectivity index (χ1n) is 5.91. The number of fused-ring (bicyclic) bond motifs is 1. The highest BCUT2D eigenvalue weighted by atomic mass is 16.5. The molecule has 0 unspecified atom stereocenters. The smallest absolute Gasteiger partial charge is 0.240 e. The number of aryl methyl sites for hydroxylation is 1. The van der Waals surface area contributed by atoms with Gasteiger partial charge in [0.15, 0.2) is 0 Å². The maximum absolute atomic E-state index is 5.47. The summed E-state index contributed by atoms with van der Waals surface area (Å²) in [4.78, 5) is 7.42. The maximum atomic E-state index is 5.47. The van der Waals surface area contributed by atoms with Crippen molar-refractivity contribution >= 4 is 10.9 Å². The summed E-state index contributed by atoms with van der Waals surface area (Å²) in [5.41, 5.74) is 8.41. The molecule has 0 aliphatic rings. The lowest BCUT2D eigenvalue weighted by Crippen LogP contribution is -1.95. The van der Waals surface area contributed by atoms with Crippen LogP contribution in [0.5, 0.6) is 5.75 Å². The third-order valence-corrected chi connectivity index (χ3v) is 3.08. The second-order valence-electron chi connectivity index (χ2n) is 4.29. The fraction of sp³-hybridized carbons (Fsp3) is 0.231. The number of aromatic nitrogens is 3. The molecule has 3 N–H and O–H groups in total. The number of methoxy groups -OCH3 is 1. The fourth-order valence-electron chi connectivity index (χ4n) is 2.08. The lowest BCUT2D eigenvalue weighted by Gasteiger charge is -2.04. The van der Waals surface area contributed by atoms with Gasteiger partial charge < -0.3 is 20.0 Å². The Bertz CT molecular complexity index is 729. The van der Waals surface area contributed by atoms with Gasteiger partial charge in [-0.1, -0.05) is 5.16 Å². The van der Waals surface area contributed by atoms with Crippen molar-refractivity contribution in [1.82, 2.24) is 15.1 Å². The maximum Gasteiger partial charge on any atom is 0.240 e. The molecule has 3 rings (SSSR count). The minimum Gasteiger partial charge on any atom is -0.495 e. The van der Waals surface area contributed by atoms with Gasteiger partial charge in [0.05, 0.1) is 19.2 Å². The van der Waals surface area contributed by atoms with E-state index >= 15 is 0 Å². The third kappa shape index (κ3) is 1.86. The van der Waals surface area contributed by atoms with Crippen LogP contribution in [0.3, 0.4) is 0 Å². The van der Waals surface area contributed by atoms with E-state index in [1.807, 2.05) is 25.3 Å². The molecule has 0 aliphatic carbocycles. The molecule has 0 radical (unpaired) electrons. The number of hydrogen-bond donors (Lipinski definition) is 2. The molecule has 19 heavy (non-hydrogen) atoms. The highest BCUT2D eigenvalue weighted by Crippen LogP contribution is 2.32. The van der Waals surface area contributed by atoms with Crippen molar-refractivity contribution in [3.05, 3.63) is 29.8 Å². The molecule has 0 saturated heterocycles. The summed E-state index contributed by atoms with van der Waals surface area (Å²) in [7, 11) is 1.64. The average Bonchev–Trinajstić information content (AvgIpc) is 3.05. The molecule has 6 nitrogen and oxygen atoms in total. The van der Waals surface area contributed by atoms with Crippen molar-refractivity contribution < 1.29 is 9.26 Å². The van der Waals surface area contributed by atoms with Gasteiger partial charge in [-0.15, -0.1) is 0 Å². The largest absolute Gasteiger partial charge is 0.495 e. The van der Waals surface area contributed by atoms with Gasteiger partial charge in [-0.2, -0.15) is 4.98 Å². The molecule has 0 bridgehead atoms.